The molecule has 114 valence electrons. The molecule has 0 atom stereocenters. The highest BCUT2D eigenvalue weighted by Crippen LogP contribution is 2.36. The van der Waals surface area contributed by atoms with Crippen molar-refractivity contribution in [3.05, 3.63) is 57.4 Å². The van der Waals surface area contributed by atoms with Gasteiger partial charge in [0.05, 0.1) is 15.2 Å². The molecule has 1 amide bonds. The number of nitrogens with zero attached hydrogens (tertiary/aromatic N) is 1. The summed E-state index contributed by atoms with van der Waals surface area (Å²) in [7, 11) is 0. The number of nitrogens with one attached hydrogen (secondary N) is 1. The number of rotatable bonds is 2. The van der Waals surface area contributed by atoms with E-state index in [1.54, 1.807) is 12.1 Å². The summed E-state index contributed by atoms with van der Waals surface area (Å²) in [5.74, 6) is -0.249. The lowest BCUT2D eigenvalue weighted by molar-refractivity contribution is 0.103. The van der Waals surface area contributed by atoms with Crippen LogP contribution in [-0.4, -0.2) is 10.9 Å². The minimum atomic E-state index is -0.249. The number of halogens is 2. The van der Waals surface area contributed by atoms with E-state index in [0.29, 0.717) is 20.1 Å². The number of carbonyl (C=O) groups excluding carboxylic acids is 1. The molecule has 7 heteroatoms. The van der Waals surface area contributed by atoms with Crippen molar-refractivity contribution < 1.29 is 4.79 Å². The summed E-state index contributed by atoms with van der Waals surface area (Å²) in [6.45, 7) is 0. The number of hydrogen-bond acceptors (Lipinski definition) is 4. The van der Waals surface area contributed by atoms with Gasteiger partial charge >= 0.3 is 0 Å². The second kappa shape index (κ2) is 5.76. The van der Waals surface area contributed by atoms with Crippen LogP contribution in [0, 0.1) is 0 Å². The van der Waals surface area contributed by atoms with Crippen molar-refractivity contribution in [3.8, 4) is 0 Å². The van der Waals surface area contributed by atoms with Gasteiger partial charge in [-0.15, -0.1) is 11.3 Å². The Balaban J connectivity index is 1.69. The maximum Gasteiger partial charge on any atom is 0.269 e. The van der Waals surface area contributed by atoms with Gasteiger partial charge in [-0.2, -0.15) is 0 Å². The van der Waals surface area contributed by atoms with E-state index in [2.05, 4.69) is 10.3 Å². The van der Waals surface area contributed by atoms with Crippen molar-refractivity contribution in [2.45, 2.75) is 0 Å². The number of carbonyl (C=O) groups is 1. The summed E-state index contributed by atoms with van der Waals surface area (Å²) in [6.07, 6.45) is 0. The van der Waals surface area contributed by atoms with E-state index in [-0.39, 0.29) is 5.91 Å². The average Bonchev–Trinajstić information content (AvgIpc) is 3.08. The van der Waals surface area contributed by atoms with Gasteiger partial charge in [0.2, 0.25) is 0 Å². The van der Waals surface area contributed by atoms with E-state index < -0.39 is 0 Å². The summed E-state index contributed by atoms with van der Waals surface area (Å²) in [5.41, 5.74) is 0.764. The Hall–Kier alpha value is -1.66. The Morgan fingerprint density at radius 2 is 1.87 bits per heavy atom. The van der Waals surface area contributed by atoms with Gasteiger partial charge in [-0.3, -0.25) is 10.1 Å². The first-order chi connectivity index (χ1) is 11.1. The lowest BCUT2D eigenvalue weighted by Gasteiger charge is -1.98. The van der Waals surface area contributed by atoms with Gasteiger partial charge in [-0.25, -0.2) is 4.98 Å². The molecule has 4 rings (SSSR count). The van der Waals surface area contributed by atoms with E-state index in [0.717, 1.165) is 20.3 Å². The van der Waals surface area contributed by atoms with E-state index in [1.165, 1.54) is 22.7 Å². The third-order valence-corrected chi connectivity index (χ3v) is 6.17. The van der Waals surface area contributed by atoms with Crippen LogP contribution in [0.15, 0.2) is 42.5 Å². The highest BCUT2D eigenvalue weighted by molar-refractivity contribution is 7.23. The van der Waals surface area contributed by atoms with Crippen LogP contribution in [0.5, 0.6) is 0 Å². The third kappa shape index (κ3) is 2.70. The Labute approximate surface area is 149 Å². The molecule has 2 heterocycles. The molecule has 2 aromatic carbocycles. The molecule has 0 saturated heterocycles. The Morgan fingerprint density at radius 1 is 1.04 bits per heavy atom. The number of thiophene rings is 1. The van der Waals surface area contributed by atoms with E-state index in [4.69, 9.17) is 23.2 Å². The van der Waals surface area contributed by atoms with Crippen LogP contribution >= 0.6 is 45.9 Å². The highest BCUT2D eigenvalue weighted by Gasteiger charge is 2.18. The molecule has 0 unspecified atom stereocenters. The smallest absolute Gasteiger partial charge is 0.269 e. The summed E-state index contributed by atoms with van der Waals surface area (Å²) >= 11 is 15.1. The van der Waals surface area contributed by atoms with Gasteiger partial charge < -0.3 is 0 Å². The second-order valence-corrected chi connectivity index (χ2v) is 7.72. The molecular weight excluding hydrogens is 371 g/mol. The van der Waals surface area contributed by atoms with Crippen LogP contribution in [0.25, 0.3) is 20.3 Å². The van der Waals surface area contributed by atoms with E-state index >= 15 is 0 Å². The molecule has 0 spiro atoms. The number of fused-ring (bicyclic) bond motifs is 2. The highest BCUT2D eigenvalue weighted by atomic mass is 35.5. The normalized spacial score (nSPS) is 11.2. The summed E-state index contributed by atoms with van der Waals surface area (Å²) in [5, 5.41) is 5.34. The van der Waals surface area contributed by atoms with Crippen molar-refractivity contribution in [2.75, 3.05) is 5.32 Å². The number of amides is 1. The molecule has 2 aromatic heterocycles. The average molecular weight is 379 g/mol. The van der Waals surface area contributed by atoms with E-state index in [1.807, 2.05) is 30.3 Å². The molecule has 0 aliphatic heterocycles. The minimum absolute atomic E-state index is 0.249. The lowest BCUT2D eigenvalue weighted by Crippen LogP contribution is -2.10. The zero-order chi connectivity index (χ0) is 16.0. The van der Waals surface area contributed by atoms with Crippen LogP contribution in [0.1, 0.15) is 9.67 Å². The predicted octanol–water partition coefficient (Wildman–Crippen LogP) is 6.07. The van der Waals surface area contributed by atoms with Crippen LogP contribution < -0.4 is 5.32 Å². The number of hydrogen-bond donors (Lipinski definition) is 1. The first-order valence-electron chi connectivity index (χ1n) is 6.66. The number of thiazole rings is 1. The van der Waals surface area contributed by atoms with Gasteiger partial charge in [-0.05, 0) is 24.3 Å². The van der Waals surface area contributed by atoms with Crippen molar-refractivity contribution in [3.63, 3.8) is 0 Å². The van der Waals surface area contributed by atoms with Gasteiger partial charge in [0.25, 0.3) is 5.91 Å². The van der Waals surface area contributed by atoms with Gasteiger partial charge in [0.1, 0.15) is 4.88 Å². The van der Waals surface area contributed by atoms with Crippen LogP contribution in [0.4, 0.5) is 5.13 Å². The maximum atomic E-state index is 12.5. The molecule has 0 aliphatic carbocycles. The van der Waals surface area contributed by atoms with Crippen molar-refractivity contribution >= 4 is 77.2 Å². The molecule has 23 heavy (non-hydrogen) atoms. The van der Waals surface area contributed by atoms with Gasteiger partial charge in [0.15, 0.2) is 5.13 Å². The zero-order valence-corrected chi connectivity index (χ0v) is 14.6. The number of anilines is 1. The largest absolute Gasteiger partial charge is 0.297 e. The quantitative estimate of drug-likeness (QED) is 0.459. The summed E-state index contributed by atoms with van der Waals surface area (Å²) in [4.78, 5) is 17.4. The van der Waals surface area contributed by atoms with Gasteiger partial charge in [0, 0.05) is 15.1 Å². The summed E-state index contributed by atoms with van der Waals surface area (Å²) < 4.78 is 1.95. The molecule has 0 aliphatic rings. The molecule has 3 nitrogen and oxygen atoms in total. The fourth-order valence-electron chi connectivity index (χ4n) is 2.27. The fraction of sp³-hybridized carbons (Fsp3) is 0. The Morgan fingerprint density at radius 3 is 2.70 bits per heavy atom. The molecule has 0 bridgehead atoms. The molecule has 4 aromatic rings. The Kier molecular flexibility index (Phi) is 3.73. The number of benzene rings is 2. The first kappa shape index (κ1) is 14.9. The van der Waals surface area contributed by atoms with Crippen molar-refractivity contribution in [1.82, 2.24) is 4.98 Å². The first-order valence-corrected chi connectivity index (χ1v) is 9.05. The number of aromatic nitrogens is 1. The van der Waals surface area contributed by atoms with Gasteiger partial charge in [-0.1, -0.05) is 52.7 Å². The Bertz CT molecular complexity index is 1050. The SMILES string of the molecule is O=C(Nc1nc2cc(Cl)ccc2s1)c1sc2ccccc2c1Cl. The topological polar surface area (TPSA) is 42.0 Å². The monoisotopic (exact) mass is 378 g/mol. The lowest BCUT2D eigenvalue weighted by atomic mass is 10.2. The molecule has 1 N–H and O–H groups in total. The second-order valence-electron chi connectivity index (χ2n) is 4.83. The standard InChI is InChI=1S/C16H8Cl2N2OS2/c17-8-5-6-12-10(7-8)19-16(23-12)20-15(21)14-13(18)9-3-1-2-4-11(9)22-14/h1-7H,(H,19,20,21). The zero-order valence-electron chi connectivity index (χ0n) is 11.5. The van der Waals surface area contributed by atoms with Crippen LogP contribution in [0.2, 0.25) is 10.0 Å². The molecule has 0 fully saturated rings. The maximum absolute atomic E-state index is 12.5. The molecular formula is C16H8Cl2N2OS2. The summed E-state index contributed by atoms with van der Waals surface area (Å²) in [6, 6.07) is 13.1. The molecule has 0 radical (unpaired) electrons. The third-order valence-electron chi connectivity index (χ3n) is 3.31. The molecule has 0 saturated carbocycles. The minimum Gasteiger partial charge on any atom is -0.297 e. The van der Waals surface area contributed by atoms with Crippen molar-refractivity contribution in [2.24, 2.45) is 0 Å². The van der Waals surface area contributed by atoms with Crippen molar-refractivity contribution in [1.29, 1.82) is 0 Å². The fourth-order valence-corrected chi connectivity index (χ4v) is 4.69. The van der Waals surface area contributed by atoms with Crippen LogP contribution in [0.3, 0.4) is 0 Å². The van der Waals surface area contributed by atoms with Crippen LogP contribution in [-0.2, 0) is 0 Å². The van der Waals surface area contributed by atoms with E-state index in [9.17, 15) is 4.79 Å². The predicted molar refractivity (Wildman–Crippen MR) is 99.4 cm³/mol.